The van der Waals surface area contributed by atoms with Gasteiger partial charge in [-0.15, -0.1) is 0 Å². The Morgan fingerprint density at radius 1 is 1.29 bits per heavy atom. The van der Waals surface area contributed by atoms with Crippen molar-refractivity contribution in [3.63, 3.8) is 0 Å². The zero-order valence-corrected chi connectivity index (χ0v) is 16.1. The van der Waals surface area contributed by atoms with Crippen LogP contribution in [0.25, 0.3) is 11.4 Å². The van der Waals surface area contributed by atoms with Gasteiger partial charge in [-0.2, -0.15) is 0 Å². The Kier molecular flexibility index (Phi) is 5.93. The molecule has 1 aliphatic heterocycles. The molecule has 1 saturated heterocycles. The Labute approximate surface area is 164 Å². The summed E-state index contributed by atoms with van der Waals surface area (Å²) >= 11 is 0. The summed E-state index contributed by atoms with van der Waals surface area (Å²) in [5.41, 5.74) is 19.1. The molecule has 1 aromatic carbocycles. The molecule has 0 saturated carbocycles. The molecular weight excluding hydrogens is 358 g/mol. The van der Waals surface area contributed by atoms with Crippen molar-refractivity contribution < 1.29 is 4.92 Å². The molecule has 9 heteroatoms. The van der Waals surface area contributed by atoms with Crippen molar-refractivity contribution in [2.75, 3.05) is 29.5 Å². The number of hydrogen-bond acceptors (Lipinski definition) is 8. The van der Waals surface area contributed by atoms with E-state index in [1.165, 1.54) is 6.07 Å². The molecule has 1 unspecified atom stereocenters. The highest BCUT2D eigenvalue weighted by Crippen LogP contribution is 2.38. The first-order valence-corrected chi connectivity index (χ1v) is 9.62. The van der Waals surface area contributed by atoms with Crippen LogP contribution in [0.15, 0.2) is 18.2 Å². The van der Waals surface area contributed by atoms with Crippen LogP contribution in [0.5, 0.6) is 0 Å². The highest BCUT2D eigenvalue weighted by molar-refractivity contribution is 5.87. The normalized spacial score (nSPS) is 16.9. The minimum absolute atomic E-state index is 0.0401. The lowest BCUT2D eigenvalue weighted by atomic mass is 10.1. The first kappa shape index (κ1) is 19.8. The number of benzene rings is 1. The summed E-state index contributed by atoms with van der Waals surface area (Å²) in [7, 11) is 0. The standard InChI is InChI=1S/C19H27N7O2/c1-2-3-6-13-10-16(25-9-4-5-12(20)11-25)24-19(23-13)17-14(21)7-8-15(22)18(17)26(27)28/h7-8,10,12H,2-6,9,11,20-22H2,1H3. The number of nitrogens with zero attached hydrogens (tertiary/aromatic N) is 4. The van der Waals surface area contributed by atoms with Gasteiger partial charge in [-0.1, -0.05) is 13.3 Å². The topological polar surface area (TPSA) is 150 Å². The third-order valence-corrected chi connectivity index (χ3v) is 4.98. The lowest BCUT2D eigenvalue weighted by Crippen LogP contribution is -2.43. The number of hydrogen-bond donors (Lipinski definition) is 3. The number of piperidine rings is 1. The monoisotopic (exact) mass is 385 g/mol. The third-order valence-electron chi connectivity index (χ3n) is 4.98. The Morgan fingerprint density at radius 2 is 2.04 bits per heavy atom. The average molecular weight is 385 g/mol. The van der Waals surface area contributed by atoms with Crippen molar-refractivity contribution in [1.82, 2.24) is 9.97 Å². The van der Waals surface area contributed by atoms with E-state index in [9.17, 15) is 10.1 Å². The number of nitrogens with two attached hydrogens (primary N) is 3. The highest BCUT2D eigenvalue weighted by atomic mass is 16.6. The second kappa shape index (κ2) is 8.39. The number of nitrogen functional groups attached to an aromatic ring is 2. The fraction of sp³-hybridized carbons (Fsp3) is 0.474. The summed E-state index contributed by atoms with van der Waals surface area (Å²) in [5.74, 6) is 0.960. The third kappa shape index (κ3) is 4.14. The lowest BCUT2D eigenvalue weighted by Gasteiger charge is -2.32. The van der Waals surface area contributed by atoms with Crippen LogP contribution >= 0.6 is 0 Å². The first-order valence-electron chi connectivity index (χ1n) is 9.62. The fourth-order valence-electron chi connectivity index (χ4n) is 3.52. The number of nitro groups is 1. The summed E-state index contributed by atoms with van der Waals surface area (Å²) in [5, 5.41) is 11.6. The van der Waals surface area contributed by atoms with Crippen molar-refractivity contribution >= 4 is 22.9 Å². The van der Waals surface area contributed by atoms with E-state index in [0.29, 0.717) is 6.54 Å². The van der Waals surface area contributed by atoms with Gasteiger partial charge in [0.25, 0.3) is 0 Å². The van der Waals surface area contributed by atoms with Crippen LogP contribution in [-0.2, 0) is 6.42 Å². The number of anilines is 3. The quantitative estimate of drug-likeness (QED) is 0.390. The maximum atomic E-state index is 11.6. The van der Waals surface area contributed by atoms with Gasteiger partial charge in [0.1, 0.15) is 17.1 Å². The number of nitro benzene ring substituents is 1. The zero-order chi connectivity index (χ0) is 20.3. The second-order valence-electron chi connectivity index (χ2n) is 7.22. The predicted molar refractivity (Wildman–Crippen MR) is 111 cm³/mol. The molecule has 0 spiro atoms. The molecule has 9 nitrogen and oxygen atoms in total. The summed E-state index contributed by atoms with van der Waals surface area (Å²) < 4.78 is 0. The van der Waals surface area contributed by atoms with E-state index in [4.69, 9.17) is 17.2 Å². The van der Waals surface area contributed by atoms with E-state index >= 15 is 0 Å². The largest absolute Gasteiger partial charge is 0.398 e. The van der Waals surface area contributed by atoms with Crippen LogP contribution in [-0.4, -0.2) is 34.0 Å². The average Bonchev–Trinajstić information content (AvgIpc) is 2.67. The van der Waals surface area contributed by atoms with Crippen molar-refractivity contribution in [3.05, 3.63) is 34.0 Å². The summed E-state index contributed by atoms with van der Waals surface area (Å²) in [6.07, 6.45) is 4.69. The Hall–Kier alpha value is -2.94. The fourth-order valence-corrected chi connectivity index (χ4v) is 3.52. The molecule has 1 fully saturated rings. The molecule has 0 amide bonds. The van der Waals surface area contributed by atoms with Crippen molar-refractivity contribution in [1.29, 1.82) is 0 Å². The van der Waals surface area contributed by atoms with Gasteiger partial charge in [-0.25, -0.2) is 9.97 Å². The Bertz CT molecular complexity index is 872. The van der Waals surface area contributed by atoms with Gasteiger partial charge < -0.3 is 22.1 Å². The van der Waals surface area contributed by atoms with Crippen LogP contribution in [0.3, 0.4) is 0 Å². The number of aryl methyl sites for hydroxylation is 1. The first-order chi connectivity index (χ1) is 13.4. The predicted octanol–water partition coefficient (Wildman–Crippen LogP) is 2.49. The van der Waals surface area contributed by atoms with Crippen molar-refractivity contribution in [2.45, 2.75) is 45.1 Å². The molecule has 0 radical (unpaired) electrons. The molecular formula is C19H27N7O2. The highest BCUT2D eigenvalue weighted by Gasteiger charge is 2.26. The molecule has 150 valence electrons. The molecule has 1 atom stereocenters. The van der Waals surface area contributed by atoms with Crippen LogP contribution < -0.4 is 22.1 Å². The van der Waals surface area contributed by atoms with Crippen LogP contribution in [0, 0.1) is 10.1 Å². The summed E-state index contributed by atoms with van der Waals surface area (Å²) in [6, 6.07) is 5.02. The Morgan fingerprint density at radius 3 is 2.71 bits per heavy atom. The molecule has 1 aliphatic rings. The van der Waals surface area contributed by atoms with Crippen LogP contribution in [0.2, 0.25) is 0 Å². The summed E-state index contributed by atoms with van der Waals surface area (Å²) in [4.78, 5) is 22.5. The number of aromatic nitrogens is 2. The zero-order valence-electron chi connectivity index (χ0n) is 16.1. The van der Waals surface area contributed by atoms with Gasteiger partial charge in [0.05, 0.1) is 4.92 Å². The maximum absolute atomic E-state index is 11.6. The molecule has 3 rings (SSSR count). The number of unbranched alkanes of at least 4 members (excludes halogenated alkanes) is 1. The summed E-state index contributed by atoms with van der Waals surface area (Å²) in [6.45, 7) is 3.64. The van der Waals surface area contributed by atoms with Crippen LogP contribution in [0.4, 0.5) is 22.9 Å². The van der Waals surface area contributed by atoms with E-state index < -0.39 is 4.92 Å². The van der Waals surface area contributed by atoms with Gasteiger partial charge in [0, 0.05) is 36.6 Å². The maximum Gasteiger partial charge on any atom is 0.305 e. The molecule has 1 aromatic heterocycles. The van der Waals surface area contributed by atoms with Gasteiger partial charge >= 0.3 is 5.69 Å². The molecule has 28 heavy (non-hydrogen) atoms. The van der Waals surface area contributed by atoms with Gasteiger partial charge in [-0.05, 0) is 37.8 Å². The minimum atomic E-state index is -0.528. The molecule has 2 aromatic rings. The van der Waals surface area contributed by atoms with Crippen LogP contribution in [0.1, 0.15) is 38.3 Å². The van der Waals surface area contributed by atoms with Gasteiger partial charge in [-0.3, -0.25) is 10.1 Å². The van der Waals surface area contributed by atoms with Crippen molar-refractivity contribution in [3.8, 4) is 11.4 Å². The second-order valence-corrected chi connectivity index (χ2v) is 7.22. The molecule has 0 aliphatic carbocycles. The van der Waals surface area contributed by atoms with E-state index in [-0.39, 0.29) is 34.5 Å². The van der Waals surface area contributed by atoms with E-state index in [1.54, 1.807) is 6.07 Å². The van der Waals surface area contributed by atoms with E-state index in [2.05, 4.69) is 21.8 Å². The number of rotatable bonds is 6. The van der Waals surface area contributed by atoms with Gasteiger partial charge in [0.15, 0.2) is 5.82 Å². The smallest absolute Gasteiger partial charge is 0.305 e. The van der Waals surface area contributed by atoms with E-state index in [1.807, 2.05) is 6.07 Å². The lowest BCUT2D eigenvalue weighted by molar-refractivity contribution is -0.383. The van der Waals surface area contributed by atoms with Gasteiger partial charge in [0.2, 0.25) is 0 Å². The van der Waals surface area contributed by atoms with Crippen molar-refractivity contribution in [2.24, 2.45) is 5.73 Å². The molecule has 2 heterocycles. The molecule has 0 bridgehead atoms. The SMILES string of the molecule is CCCCc1cc(N2CCCC(N)C2)nc(-c2c(N)ccc(N)c2[N+](=O)[O-])n1. The molecule has 6 N–H and O–H groups in total. The van der Waals surface area contributed by atoms with E-state index in [0.717, 1.165) is 50.2 Å². The minimum Gasteiger partial charge on any atom is -0.398 e. The Balaban J connectivity index is 2.14.